The van der Waals surface area contributed by atoms with Crippen LogP contribution in [0.1, 0.15) is 0 Å². The maximum absolute atomic E-state index is 10.9. The average Bonchev–Trinajstić information content (AvgIpc) is 2.04. The number of anilines is 1. The van der Waals surface area contributed by atoms with Crippen LogP contribution in [0.2, 0.25) is 0 Å². The molecule has 1 unspecified atom stereocenters. The van der Waals surface area contributed by atoms with Gasteiger partial charge in [-0.05, 0) is 0 Å². The van der Waals surface area contributed by atoms with Gasteiger partial charge in [0.15, 0.2) is 0 Å². The van der Waals surface area contributed by atoms with Crippen molar-refractivity contribution in [2.24, 2.45) is 0 Å². The van der Waals surface area contributed by atoms with Gasteiger partial charge in [-0.3, -0.25) is 0 Å². The van der Waals surface area contributed by atoms with Crippen molar-refractivity contribution < 1.29 is 3.74 Å². The third-order valence-electron chi connectivity index (χ3n) is 1.61. The summed E-state index contributed by atoms with van der Waals surface area (Å²) in [6.07, 6.45) is 0. The Morgan fingerprint density at radius 1 is 1.25 bits per heavy atom. The molecule has 4 heteroatoms. The van der Waals surface area contributed by atoms with Crippen LogP contribution < -0.4 is 9.25 Å². The minimum absolute atomic E-state index is 0.780. The van der Waals surface area contributed by atoms with E-state index >= 15 is 0 Å². The number of halogens is 1. The number of rotatable bonds is 2. The van der Waals surface area contributed by atoms with Gasteiger partial charge in [-0.2, -0.15) is 0 Å². The summed E-state index contributed by atoms with van der Waals surface area (Å²) >= 11 is -2.62. The van der Waals surface area contributed by atoms with Gasteiger partial charge < -0.3 is 0 Å². The second kappa shape index (κ2) is 4.06. The Morgan fingerprint density at radius 2 is 1.75 bits per heavy atom. The Morgan fingerprint density at radius 3 is 2.08 bits per heavy atom. The number of benzene rings is 1. The van der Waals surface area contributed by atoms with Crippen molar-refractivity contribution in [2.45, 2.75) is 0 Å². The summed E-state index contributed by atoms with van der Waals surface area (Å²) in [4.78, 5) is 1.99. The molecule has 0 N–H and O–H groups in total. The van der Waals surface area contributed by atoms with Crippen molar-refractivity contribution in [2.75, 3.05) is 19.0 Å². The molecule has 1 rings (SSSR count). The van der Waals surface area contributed by atoms with Crippen LogP contribution in [0, 0.1) is 0 Å². The molecule has 0 saturated heterocycles. The molecule has 0 aromatic heterocycles. The molecule has 1 atom stereocenters. The van der Waals surface area contributed by atoms with Crippen molar-refractivity contribution in [3.05, 3.63) is 24.3 Å². The topological polar surface area (TPSA) is 20.3 Å². The van der Waals surface area contributed by atoms with E-state index in [0.717, 1.165) is 10.0 Å². The average molecular weight is 248 g/mol. The Labute approximate surface area is 80.8 Å². The zero-order chi connectivity index (χ0) is 9.14. The van der Waals surface area contributed by atoms with Crippen LogP contribution in [-0.4, -0.2) is 27.7 Å². The normalized spacial score (nSPS) is 12.6. The summed E-state index contributed by atoms with van der Waals surface area (Å²) in [7, 11) is 9.46. The summed E-state index contributed by atoms with van der Waals surface area (Å²) in [6.45, 7) is 0. The zero-order valence-electron chi connectivity index (χ0n) is 7.04. The van der Waals surface area contributed by atoms with Gasteiger partial charge >= 0.3 is 80.6 Å². The first-order valence-corrected chi connectivity index (χ1v) is 8.25. The second-order valence-corrected chi connectivity index (χ2v) is 6.86. The van der Waals surface area contributed by atoms with E-state index in [1.165, 1.54) is 0 Å². The molecule has 1 aromatic carbocycles. The van der Waals surface area contributed by atoms with Crippen molar-refractivity contribution in [1.82, 2.24) is 0 Å². The van der Waals surface area contributed by atoms with Gasteiger partial charge in [0.1, 0.15) is 0 Å². The van der Waals surface area contributed by atoms with Crippen LogP contribution in [-0.2, 0) is 3.74 Å². The van der Waals surface area contributed by atoms with E-state index in [1.54, 1.807) is 0 Å². The first kappa shape index (κ1) is 9.75. The molecule has 0 aliphatic rings. The predicted molar refractivity (Wildman–Crippen MR) is 54.1 cm³/mol. The molecule has 0 bridgehead atoms. The van der Waals surface area contributed by atoms with Gasteiger partial charge in [0.25, 0.3) is 0 Å². The molecule has 0 aliphatic heterocycles. The van der Waals surface area contributed by atoms with E-state index in [1.807, 2.05) is 43.3 Å². The fraction of sp³-hybridized carbons (Fsp3) is 0.250. The van der Waals surface area contributed by atoms with E-state index in [4.69, 9.17) is 9.95 Å². The molecule has 1 aromatic rings. The van der Waals surface area contributed by atoms with Crippen LogP contribution in [0.4, 0.5) is 5.69 Å². The van der Waals surface area contributed by atoms with E-state index in [2.05, 4.69) is 0 Å². The number of hydrogen-bond donors (Lipinski definition) is 0. The van der Waals surface area contributed by atoms with Crippen LogP contribution in [0.5, 0.6) is 0 Å². The minimum atomic E-state index is -2.62. The first-order valence-electron chi connectivity index (χ1n) is 3.58. The fourth-order valence-electron chi connectivity index (χ4n) is 0.891. The van der Waals surface area contributed by atoms with Gasteiger partial charge in [-0.1, -0.05) is 0 Å². The van der Waals surface area contributed by atoms with Crippen LogP contribution in [0.15, 0.2) is 24.3 Å². The molecule has 0 saturated carbocycles. The predicted octanol–water partition coefficient (Wildman–Crippen LogP) is 0.849. The van der Waals surface area contributed by atoms with E-state index in [0.29, 0.717) is 0 Å². The third-order valence-corrected chi connectivity index (χ3v) is 4.40. The summed E-state index contributed by atoms with van der Waals surface area (Å²) in [5.74, 6) is 0. The van der Waals surface area contributed by atoms with E-state index in [9.17, 15) is 3.74 Å². The van der Waals surface area contributed by atoms with E-state index < -0.39 is 13.6 Å². The standard InChI is InChI=1S/C8H11AsClNO/c1-11(2)8-5-3-7(4-6-8)9(10)12/h3-6,9H,1-2H3. The molecular weight excluding hydrogens is 236 g/mol. The van der Waals surface area contributed by atoms with Crippen molar-refractivity contribution >= 4 is 33.6 Å². The molecule has 66 valence electrons. The molecule has 0 fully saturated rings. The van der Waals surface area contributed by atoms with Crippen LogP contribution in [0.25, 0.3) is 0 Å². The second-order valence-electron chi connectivity index (χ2n) is 2.72. The molecule has 0 amide bonds. The quantitative estimate of drug-likeness (QED) is 0.722. The third kappa shape index (κ3) is 2.33. The summed E-state index contributed by atoms with van der Waals surface area (Å²) in [6, 6.07) is 7.49. The molecule has 12 heavy (non-hydrogen) atoms. The van der Waals surface area contributed by atoms with Crippen molar-refractivity contribution in [3.8, 4) is 0 Å². The summed E-state index contributed by atoms with van der Waals surface area (Å²) in [5.41, 5.74) is 1.09. The monoisotopic (exact) mass is 247 g/mol. The van der Waals surface area contributed by atoms with Gasteiger partial charge in [-0.25, -0.2) is 0 Å². The fourth-order valence-corrected chi connectivity index (χ4v) is 2.44. The van der Waals surface area contributed by atoms with Gasteiger partial charge in [0.2, 0.25) is 0 Å². The zero-order valence-corrected chi connectivity index (χ0v) is 9.90. The summed E-state index contributed by atoms with van der Waals surface area (Å²) < 4.78 is 11.7. The molecule has 0 heterocycles. The van der Waals surface area contributed by atoms with Gasteiger partial charge in [0.05, 0.1) is 0 Å². The van der Waals surface area contributed by atoms with Gasteiger partial charge in [-0.15, -0.1) is 0 Å². The van der Waals surface area contributed by atoms with Gasteiger partial charge in [0, 0.05) is 0 Å². The molecule has 0 spiro atoms. The SMILES string of the molecule is CN(C)c1ccc([AsH](=O)Cl)cc1. The Hall–Kier alpha value is -0.332. The molecular formula is C8H11AsClNO. The number of hydrogen-bond acceptors (Lipinski definition) is 2. The molecule has 0 aliphatic carbocycles. The molecule has 0 radical (unpaired) electrons. The van der Waals surface area contributed by atoms with Crippen molar-refractivity contribution in [1.29, 1.82) is 0 Å². The summed E-state index contributed by atoms with van der Waals surface area (Å²) in [5, 5.41) is 0. The van der Waals surface area contributed by atoms with Crippen LogP contribution in [0.3, 0.4) is 0 Å². The Balaban J connectivity index is 2.93. The Kier molecular flexibility index (Phi) is 3.30. The van der Waals surface area contributed by atoms with Crippen molar-refractivity contribution in [3.63, 3.8) is 0 Å². The van der Waals surface area contributed by atoms with E-state index in [-0.39, 0.29) is 0 Å². The number of nitrogens with zero attached hydrogens (tertiary/aromatic N) is 1. The maximum atomic E-state index is 10.9. The molecule has 2 nitrogen and oxygen atoms in total. The Bertz CT molecular complexity index is 284. The first-order chi connectivity index (χ1) is 5.61. The van der Waals surface area contributed by atoms with Crippen LogP contribution >= 0.6 is 9.95 Å².